The molecule has 0 atom stereocenters. The van der Waals surface area contributed by atoms with E-state index in [1.165, 1.54) is 0 Å². The molecule has 0 N–H and O–H groups in total. The summed E-state index contributed by atoms with van der Waals surface area (Å²) in [6.45, 7) is 0. The molecule has 0 saturated heterocycles. The van der Waals surface area contributed by atoms with Gasteiger partial charge in [0, 0.05) is 25.7 Å². The average Bonchev–Trinajstić information content (AvgIpc) is 1.77. The van der Waals surface area contributed by atoms with Gasteiger partial charge in [-0.05, 0) is 0 Å². The molecule has 0 aliphatic heterocycles. The Balaban J connectivity index is 0. The van der Waals surface area contributed by atoms with Crippen LogP contribution in [-0.4, -0.2) is 11.6 Å². The molecule has 2 nitrogen and oxygen atoms in total. The first kappa shape index (κ1) is 12.1. The highest BCUT2D eigenvalue weighted by Gasteiger charge is 2.13. The van der Waals surface area contributed by atoms with Crippen molar-refractivity contribution in [2.75, 3.05) is 0 Å². The van der Waals surface area contributed by atoms with E-state index in [-0.39, 0.29) is 26.4 Å². The summed E-state index contributed by atoms with van der Waals surface area (Å²) in [4.78, 5) is 20.9. The first-order valence-corrected chi connectivity index (χ1v) is 2.82. The predicted octanol–water partition coefficient (Wildman–Crippen LogP) is 1.97. The molecule has 1 saturated carbocycles. The molecular weight excluding hydrogens is 128 g/mol. The summed E-state index contributed by atoms with van der Waals surface area (Å²) in [6, 6.07) is 0. The number of Topliss-reactive ketones (excluding diaryl/α,β-unsaturated/α-hetero) is 2. The number of rotatable bonds is 0. The van der Waals surface area contributed by atoms with Crippen LogP contribution in [0.25, 0.3) is 0 Å². The smallest absolute Gasteiger partial charge is 0.133 e. The third-order valence-electron chi connectivity index (χ3n) is 1.37. The van der Waals surface area contributed by atoms with E-state index < -0.39 is 0 Å². The number of hydrogen-bond donors (Lipinski definition) is 0. The van der Waals surface area contributed by atoms with Crippen molar-refractivity contribution < 1.29 is 9.59 Å². The van der Waals surface area contributed by atoms with Crippen LogP contribution in [-0.2, 0) is 9.59 Å². The van der Waals surface area contributed by atoms with Crippen LogP contribution in [0.1, 0.15) is 40.5 Å². The Kier molecular flexibility index (Phi) is 6.21. The highest BCUT2D eigenvalue weighted by atomic mass is 16.1. The van der Waals surface area contributed by atoms with Crippen LogP contribution in [0.4, 0.5) is 0 Å². The summed E-state index contributed by atoms with van der Waals surface area (Å²) in [5, 5.41) is 0. The maximum atomic E-state index is 10.5. The largest absolute Gasteiger partial charge is 0.300 e. The third-order valence-corrected chi connectivity index (χ3v) is 1.37. The van der Waals surface area contributed by atoms with Crippen molar-refractivity contribution in [1.82, 2.24) is 0 Å². The molecule has 1 aliphatic carbocycles. The van der Waals surface area contributed by atoms with E-state index in [1.54, 1.807) is 0 Å². The van der Waals surface area contributed by atoms with Gasteiger partial charge in [-0.1, -0.05) is 14.9 Å². The minimum atomic E-state index is 0. The quantitative estimate of drug-likeness (QED) is 0.521. The van der Waals surface area contributed by atoms with Gasteiger partial charge in [0.05, 0.1) is 0 Å². The maximum Gasteiger partial charge on any atom is 0.133 e. The summed E-state index contributed by atoms with van der Waals surface area (Å²) < 4.78 is 0. The topological polar surface area (TPSA) is 34.1 Å². The molecule has 1 fully saturated rings. The molecule has 0 unspecified atom stereocenters. The molecule has 1 rings (SSSR count). The zero-order valence-electron chi connectivity index (χ0n) is 4.64. The number of carbonyl (C=O) groups excluding carboxylic acids is 2. The van der Waals surface area contributed by atoms with Crippen molar-refractivity contribution in [2.45, 2.75) is 40.5 Å². The van der Waals surface area contributed by atoms with Crippen molar-refractivity contribution in [3.63, 3.8) is 0 Å². The van der Waals surface area contributed by atoms with Crippen LogP contribution < -0.4 is 0 Å². The predicted molar refractivity (Wildman–Crippen MR) is 41.9 cm³/mol. The molecule has 0 radical (unpaired) electrons. The summed E-state index contributed by atoms with van der Waals surface area (Å²) in [5.41, 5.74) is 0. The van der Waals surface area contributed by atoms with Gasteiger partial charge in [-0.15, -0.1) is 0 Å². The number of carbonyl (C=O) groups is 2. The Bertz CT molecular complexity index is 99.2. The maximum absolute atomic E-state index is 10.5. The van der Waals surface area contributed by atoms with E-state index in [0.717, 1.165) is 0 Å². The zero-order chi connectivity index (χ0) is 5.98. The highest BCUT2D eigenvalue weighted by molar-refractivity contribution is 5.92. The summed E-state index contributed by atoms with van der Waals surface area (Å²) in [5.74, 6) is 0.481. The molecule has 0 bridgehead atoms. The van der Waals surface area contributed by atoms with Gasteiger partial charge in [-0.3, -0.25) is 9.59 Å². The molecule has 10 heavy (non-hydrogen) atoms. The second kappa shape index (κ2) is 5.15. The molecule has 0 aromatic carbocycles. The van der Waals surface area contributed by atoms with Gasteiger partial charge in [0.15, 0.2) is 0 Å². The lowest BCUT2D eigenvalue weighted by molar-refractivity contribution is -0.128. The first-order valence-electron chi connectivity index (χ1n) is 2.82. The fourth-order valence-electron chi connectivity index (χ4n) is 0.808. The van der Waals surface area contributed by atoms with Crippen LogP contribution in [0.15, 0.2) is 0 Å². The van der Waals surface area contributed by atoms with Crippen LogP contribution in [0.3, 0.4) is 0 Å². The van der Waals surface area contributed by atoms with E-state index in [2.05, 4.69) is 0 Å². The standard InChI is InChI=1S/C6H8O2.2CH4/c7-5-1-2-6(8)4-3-5;;/h1-4H2;2*1H4. The van der Waals surface area contributed by atoms with Crippen LogP contribution in [0, 0.1) is 0 Å². The third kappa shape index (κ3) is 3.38. The average molecular weight is 144 g/mol. The van der Waals surface area contributed by atoms with Gasteiger partial charge in [0.1, 0.15) is 11.6 Å². The minimum Gasteiger partial charge on any atom is -0.300 e. The number of hydrogen-bond acceptors (Lipinski definition) is 2. The summed E-state index contributed by atoms with van der Waals surface area (Å²) >= 11 is 0. The molecule has 0 heterocycles. The van der Waals surface area contributed by atoms with E-state index in [1.807, 2.05) is 0 Å². The van der Waals surface area contributed by atoms with Crippen molar-refractivity contribution in [3.8, 4) is 0 Å². The van der Waals surface area contributed by atoms with E-state index in [4.69, 9.17) is 0 Å². The lowest BCUT2D eigenvalue weighted by Gasteiger charge is -2.04. The van der Waals surface area contributed by atoms with E-state index in [0.29, 0.717) is 25.7 Å². The van der Waals surface area contributed by atoms with Crippen molar-refractivity contribution in [2.24, 2.45) is 0 Å². The number of ketones is 2. The van der Waals surface area contributed by atoms with Crippen LogP contribution in [0.5, 0.6) is 0 Å². The Morgan fingerprint density at radius 3 is 1.10 bits per heavy atom. The molecular formula is C8H16O2. The molecule has 0 aromatic heterocycles. The Morgan fingerprint density at radius 1 is 0.700 bits per heavy atom. The van der Waals surface area contributed by atoms with Crippen molar-refractivity contribution in [1.29, 1.82) is 0 Å². The van der Waals surface area contributed by atoms with Crippen molar-refractivity contribution in [3.05, 3.63) is 0 Å². The lowest BCUT2D eigenvalue weighted by atomic mass is 9.98. The zero-order valence-corrected chi connectivity index (χ0v) is 4.64. The van der Waals surface area contributed by atoms with Crippen LogP contribution >= 0.6 is 0 Å². The fourth-order valence-corrected chi connectivity index (χ4v) is 0.808. The molecule has 0 spiro atoms. The monoisotopic (exact) mass is 144 g/mol. The van der Waals surface area contributed by atoms with Gasteiger partial charge in [0.2, 0.25) is 0 Å². The van der Waals surface area contributed by atoms with Crippen molar-refractivity contribution >= 4 is 11.6 Å². The molecule has 60 valence electrons. The first-order chi connectivity index (χ1) is 3.79. The highest BCUT2D eigenvalue weighted by Crippen LogP contribution is 2.08. The van der Waals surface area contributed by atoms with E-state index in [9.17, 15) is 9.59 Å². The van der Waals surface area contributed by atoms with E-state index >= 15 is 0 Å². The van der Waals surface area contributed by atoms with Gasteiger partial charge in [-0.2, -0.15) is 0 Å². The van der Waals surface area contributed by atoms with Crippen LogP contribution in [0.2, 0.25) is 0 Å². The second-order valence-electron chi connectivity index (χ2n) is 2.08. The molecule has 0 aromatic rings. The lowest BCUT2D eigenvalue weighted by Crippen LogP contribution is -2.12. The second-order valence-corrected chi connectivity index (χ2v) is 2.08. The Morgan fingerprint density at radius 2 is 0.900 bits per heavy atom. The Labute approximate surface area is 62.6 Å². The molecule has 2 heteroatoms. The van der Waals surface area contributed by atoms with Gasteiger partial charge < -0.3 is 0 Å². The minimum absolute atomic E-state index is 0. The van der Waals surface area contributed by atoms with Gasteiger partial charge in [-0.25, -0.2) is 0 Å². The SMILES string of the molecule is C.C.O=C1CCC(=O)CC1. The Hall–Kier alpha value is -0.660. The van der Waals surface area contributed by atoms with Gasteiger partial charge >= 0.3 is 0 Å². The van der Waals surface area contributed by atoms with Gasteiger partial charge in [0.25, 0.3) is 0 Å². The fraction of sp³-hybridized carbons (Fsp3) is 0.750. The molecule has 0 amide bonds. The molecule has 1 aliphatic rings. The summed E-state index contributed by atoms with van der Waals surface area (Å²) in [6.07, 6.45) is 1.94. The normalized spacial score (nSPS) is 17.2. The summed E-state index contributed by atoms with van der Waals surface area (Å²) in [7, 11) is 0.